The molecule has 1 heterocycles. The van der Waals surface area contributed by atoms with E-state index in [1.807, 2.05) is 17.0 Å². The van der Waals surface area contributed by atoms with Crippen molar-refractivity contribution < 1.29 is 14.3 Å². The van der Waals surface area contributed by atoms with Crippen LogP contribution in [0, 0.1) is 0 Å². The summed E-state index contributed by atoms with van der Waals surface area (Å²) in [6, 6.07) is 8.13. The van der Waals surface area contributed by atoms with E-state index in [9.17, 15) is 4.79 Å². The molecule has 1 saturated heterocycles. The third-order valence-electron chi connectivity index (χ3n) is 4.08. The van der Waals surface area contributed by atoms with Gasteiger partial charge in [0, 0.05) is 19.5 Å². The zero-order chi connectivity index (χ0) is 18.3. The molecule has 5 nitrogen and oxygen atoms in total. The molecule has 1 aliphatic heterocycles. The summed E-state index contributed by atoms with van der Waals surface area (Å²) >= 11 is 5.25. The third kappa shape index (κ3) is 6.63. The predicted molar refractivity (Wildman–Crippen MR) is 103 cm³/mol. The van der Waals surface area contributed by atoms with Crippen LogP contribution in [0.15, 0.2) is 24.3 Å². The van der Waals surface area contributed by atoms with E-state index < -0.39 is 0 Å². The molecule has 138 valence electrons. The summed E-state index contributed by atoms with van der Waals surface area (Å²) < 4.78 is 11.0. The number of morpholine rings is 1. The molecular formula is C19H28N2O3S. The van der Waals surface area contributed by atoms with Crippen LogP contribution in [0.25, 0.3) is 0 Å². The molecule has 1 amide bonds. The summed E-state index contributed by atoms with van der Waals surface area (Å²) in [4.78, 5) is 13.9. The maximum absolute atomic E-state index is 12.0. The highest BCUT2D eigenvalue weighted by molar-refractivity contribution is 7.80. The van der Waals surface area contributed by atoms with Crippen LogP contribution in [0.2, 0.25) is 0 Å². The number of amides is 1. The Bertz CT molecular complexity index is 575. The smallest absolute Gasteiger partial charge is 0.226 e. The van der Waals surface area contributed by atoms with E-state index in [-0.39, 0.29) is 11.3 Å². The zero-order valence-corrected chi connectivity index (χ0v) is 16.2. The standard InChI is InChI=1S/C19H28N2O3S/c1-19(2,3)15-6-8-16(9-7-15)24-12-4-5-17(22)20-18(25)21-10-13-23-14-11-21/h6-9H,4-5,10-14H2,1-3H3,(H,20,22,25). The Labute approximate surface area is 155 Å². The number of nitrogens with zero attached hydrogens (tertiary/aromatic N) is 1. The number of hydrogen-bond acceptors (Lipinski definition) is 4. The fraction of sp³-hybridized carbons (Fsp3) is 0.579. The van der Waals surface area contributed by atoms with Crippen molar-refractivity contribution >= 4 is 23.2 Å². The molecule has 0 radical (unpaired) electrons. The fourth-order valence-corrected chi connectivity index (χ4v) is 2.80. The number of nitrogens with one attached hydrogen (secondary N) is 1. The van der Waals surface area contributed by atoms with Crippen molar-refractivity contribution in [1.82, 2.24) is 10.2 Å². The molecule has 1 aromatic carbocycles. The van der Waals surface area contributed by atoms with Crippen molar-refractivity contribution in [3.63, 3.8) is 0 Å². The van der Waals surface area contributed by atoms with Gasteiger partial charge in [-0.1, -0.05) is 32.9 Å². The maximum Gasteiger partial charge on any atom is 0.226 e. The minimum atomic E-state index is -0.0665. The second-order valence-corrected chi connectivity index (χ2v) is 7.57. The monoisotopic (exact) mass is 364 g/mol. The first-order valence-electron chi connectivity index (χ1n) is 8.76. The Morgan fingerprint density at radius 3 is 2.48 bits per heavy atom. The second kappa shape index (κ2) is 9.15. The van der Waals surface area contributed by atoms with Gasteiger partial charge in [0.2, 0.25) is 5.91 Å². The molecule has 0 saturated carbocycles. The van der Waals surface area contributed by atoms with Gasteiger partial charge in [0.15, 0.2) is 5.11 Å². The number of thiocarbonyl (C=S) groups is 1. The summed E-state index contributed by atoms with van der Waals surface area (Å²) in [6.07, 6.45) is 1.04. The first-order valence-corrected chi connectivity index (χ1v) is 9.17. The van der Waals surface area contributed by atoms with Gasteiger partial charge in [-0.3, -0.25) is 4.79 Å². The molecule has 0 bridgehead atoms. The molecule has 1 aromatic rings. The van der Waals surface area contributed by atoms with Crippen molar-refractivity contribution in [2.75, 3.05) is 32.9 Å². The number of hydrogen-bond donors (Lipinski definition) is 1. The number of carbonyl (C=O) groups excluding carboxylic acids is 1. The summed E-state index contributed by atoms with van der Waals surface area (Å²) in [5.74, 6) is 0.764. The van der Waals surface area contributed by atoms with E-state index in [0.29, 0.717) is 37.8 Å². The van der Waals surface area contributed by atoms with E-state index in [1.54, 1.807) is 0 Å². The molecule has 2 rings (SSSR count). The molecule has 1 N–H and O–H groups in total. The molecule has 1 fully saturated rings. The minimum absolute atomic E-state index is 0.0665. The molecule has 1 aliphatic rings. The quantitative estimate of drug-likeness (QED) is 0.643. The van der Waals surface area contributed by atoms with Gasteiger partial charge in [-0.25, -0.2) is 0 Å². The van der Waals surface area contributed by atoms with E-state index in [0.717, 1.165) is 18.8 Å². The van der Waals surface area contributed by atoms with Crippen molar-refractivity contribution in [2.45, 2.75) is 39.0 Å². The lowest BCUT2D eigenvalue weighted by molar-refractivity contribution is -0.120. The van der Waals surface area contributed by atoms with Crippen LogP contribution in [-0.2, 0) is 14.9 Å². The normalized spacial score (nSPS) is 14.9. The van der Waals surface area contributed by atoms with Crippen LogP contribution >= 0.6 is 12.2 Å². The van der Waals surface area contributed by atoms with E-state index in [4.69, 9.17) is 21.7 Å². The highest BCUT2D eigenvalue weighted by Crippen LogP contribution is 2.24. The van der Waals surface area contributed by atoms with E-state index in [1.165, 1.54) is 5.56 Å². The average molecular weight is 365 g/mol. The Morgan fingerprint density at radius 1 is 1.24 bits per heavy atom. The largest absolute Gasteiger partial charge is 0.494 e. The Morgan fingerprint density at radius 2 is 1.88 bits per heavy atom. The van der Waals surface area contributed by atoms with Crippen LogP contribution in [0.5, 0.6) is 5.75 Å². The van der Waals surface area contributed by atoms with Crippen molar-refractivity contribution in [3.8, 4) is 5.75 Å². The van der Waals surface area contributed by atoms with Crippen LogP contribution in [0.4, 0.5) is 0 Å². The minimum Gasteiger partial charge on any atom is -0.494 e. The van der Waals surface area contributed by atoms with E-state index >= 15 is 0 Å². The van der Waals surface area contributed by atoms with Gasteiger partial charge in [-0.2, -0.15) is 0 Å². The van der Waals surface area contributed by atoms with E-state index in [2.05, 4.69) is 38.2 Å². The number of ether oxygens (including phenoxy) is 2. The fourth-order valence-electron chi connectivity index (χ4n) is 2.50. The van der Waals surface area contributed by atoms with Gasteiger partial charge in [0.1, 0.15) is 5.75 Å². The summed E-state index contributed by atoms with van der Waals surface area (Å²) in [5.41, 5.74) is 1.41. The first-order chi connectivity index (χ1) is 11.9. The van der Waals surface area contributed by atoms with Crippen LogP contribution in [-0.4, -0.2) is 48.8 Å². The predicted octanol–water partition coefficient (Wildman–Crippen LogP) is 2.88. The molecule has 0 atom stereocenters. The molecule has 6 heteroatoms. The topological polar surface area (TPSA) is 50.8 Å². The molecule has 0 spiro atoms. The summed E-state index contributed by atoms with van der Waals surface area (Å²) in [5, 5.41) is 3.27. The van der Waals surface area contributed by atoms with Gasteiger partial charge >= 0.3 is 0 Å². The lowest BCUT2D eigenvalue weighted by Crippen LogP contribution is -2.47. The number of carbonyl (C=O) groups is 1. The highest BCUT2D eigenvalue weighted by atomic mass is 32.1. The van der Waals surface area contributed by atoms with Gasteiger partial charge < -0.3 is 19.7 Å². The van der Waals surface area contributed by atoms with Gasteiger partial charge in [0.05, 0.1) is 19.8 Å². The van der Waals surface area contributed by atoms with Crippen molar-refractivity contribution in [1.29, 1.82) is 0 Å². The van der Waals surface area contributed by atoms with Gasteiger partial charge in [0.25, 0.3) is 0 Å². The average Bonchev–Trinajstić information content (AvgIpc) is 2.59. The lowest BCUT2D eigenvalue weighted by Gasteiger charge is -2.28. The van der Waals surface area contributed by atoms with Crippen LogP contribution < -0.4 is 10.1 Å². The molecule has 0 unspecified atom stereocenters. The SMILES string of the molecule is CC(C)(C)c1ccc(OCCCC(=O)NC(=S)N2CCOCC2)cc1. The molecular weight excluding hydrogens is 336 g/mol. The number of rotatable bonds is 5. The Hall–Kier alpha value is -1.66. The first kappa shape index (κ1) is 19.7. The lowest BCUT2D eigenvalue weighted by atomic mass is 9.87. The van der Waals surface area contributed by atoms with Crippen molar-refractivity contribution in [3.05, 3.63) is 29.8 Å². The molecule has 25 heavy (non-hydrogen) atoms. The zero-order valence-electron chi connectivity index (χ0n) is 15.3. The highest BCUT2D eigenvalue weighted by Gasteiger charge is 2.15. The number of benzene rings is 1. The molecule has 0 aromatic heterocycles. The van der Waals surface area contributed by atoms with Gasteiger partial charge in [-0.15, -0.1) is 0 Å². The van der Waals surface area contributed by atoms with Crippen LogP contribution in [0.3, 0.4) is 0 Å². The Kier molecular flexibility index (Phi) is 7.20. The molecule has 0 aliphatic carbocycles. The maximum atomic E-state index is 12.0. The summed E-state index contributed by atoms with van der Waals surface area (Å²) in [6.45, 7) is 9.82. The second-order valence-electron chi connectivity index (χ2n) is 7.18. The Balaban J connectivity index is 1.65. The van der Waals surface area contributed by atoms with Crippen LogP contribution in [0.1, 0.15) is 39.2 Å². The van der Waals surface area contributed by atoms with Crippen molar-refractivity contribution in [2.24, 2.45) is 0 Å². The third-order valence-corrected chi connectivity index (χ3v) is 4.44. The van der Waals surface area contributed by atoms with Gasteiger partial charge in [-0.05, 0) is 41.7 Å². The summed E-state index contributed by atoms with van der Waals surface area (Å²) in [7, 11) is 0.